The lowest BCUT2D eigenvalue weighted by Gasteiger charge is -1.94. The summed E-state index contributed by atoms with van der Waals surface area (Å²) in [7, 11) is 0. The van der Waals surface area contributed by atoms with E-state index in [9.17, 15) is 0 Å². The fourth-order valence-corrected chi connectivity index (χ4v) is 0.293. The van der Waals surface area contributed by atoms with Gasteiger partial charge in [0.25, 0.3) is 0 Å². The molecule has 0 bridgehead atoms. The molecule has 0 aliphatic rings. The molecule has 0 saturated heterocycles. The van der Waals surface area contributed by atoms with Crippen molar-refractivity contribution in [1.82, 2.24) is 0 Å². The van der Waals surface area contributed by atoms with Gasteiger partial charge in [0.15, 0.2) is 0 Å². The molecule has 1 atom stereocenters. The highest BCUT2D eigenvalue weighted by Gasteiger charge is 1.87. The summed E-state index contributed by atoms with van der Waals surface area (Å²) in [6, 6.07) is 0. The summed E-state index contributed by atoms with van der Waals surface area (Å²) >= 11 is 0. The van der Waals surface area contributed by atoms with Crippen molar-refractivity contribution >= 4 is 0 Å². The minimum Gasteiger partial charge on any atom is -0.396 e. The number of rotatable bonds is 2. The predicted molar refractivity (Wildman–Crippen MR) is 30.7 cm³/mol. The summed E-state index contributed by atoms with van der Waals surface area (Å²) in [5.41, 5.74) is 0. The third kappa shape index (κ3) is 3.53. The Morgan fingerprint density at radius 1 is 1.86 bits per heavy atom. The monoisotopic (exact) mass is 99.1 g/mol. The van der Waals surface area contributed by atoms with Gasteiger partial charge in [-0.3, -0.25) is 0 Å². The zero-order valence-corrected chi connectivity index (χ0v) is 4.59. The lowest BCUT2D eigenvalue weighted by molar-refractivity contribution is 0.262. The van der Waals surface area contributed by atoms with E-state index in [0.717, 1.165) is 0 Å². The van der Waals surface area contributed by atoms with E-state index in [1.165, 1.54) is 0 Å². The highest BCUT2D eigenvalue weighted by molar-refractivity contribution is 4.87. The van der Waals surface area contributed by atoms with Gasteiger partial charge in [-0.15, -0.1) is 0 Å². The van der Waals surface area contributed by atoms with E-state index in [0.29, 0.717) is 0 Å². The molecule has 0 spiro atoms. The van der Waals surface area contributed by atoms with Crippen molar-refractivity contribution in [1.29, 1.82) is 0 Å². The molecule has 0 aromatic heterocycles. The quantitative estimate of drug-likeness (QED) is 0.547. The van der Waals surface area contributed by atoms with E-state index in [1.54, 1.807) is 6.08 Å². The largest absolute Gasteiger partial charge is 0.396 e. The molecule has 0 rings (SSSR count). The zero-order chi connectivity index (χ0) is 5.70. The molecule has 1 radical (unpaired) electrons. The maximum atomic E-state index is 8.39. The van der Waals surface area contributed by atoms with Gasteiger partial charge in [-0.25, -0.2) is 0 Å². The van der Waals surface area contributed by atoms with Crippen LogP contribution in [0.1, 0.15) is 6.92 Å². The Labute approximate surface area is 44.7 Å². The van der Waals surface area contributed by atoms with Crippen LogP contribution in [0.2, 0.25) is 0 Å². The second kappa shape index (κ2) is 3.88. The smallest absolute Gasteiger partial charge is 0.0491 e. The van der Waals surface area contributed by atoms with Crippen LogP contribution in [-0.4, -0.2) is 11.7 Å². The molecule has 0 aromatic carbocycles. The molecule has 1 nitrogen and oxygen atoms in total. The molecule has 7 heavy (non-hydrogen) atoms. The second-order valence-corrected chi connectivity index (χ2v) is 1.59. The van der Waals surface area contributed by atoms with E-state index >= 15 is 0 Å². The average Bonchev–Trinajstić information content (AvgIpc) is 1.68. The van der Waals surface area contributed by atoms with Crippen LogP contribution in [0.15, 0.2) is 12.2 Å². The van der Waals surface area contributed by atoms with Crippen molar-refractivity contribution in [2.75, 3.05) is 6.61 Å². The molecule has 0 fully saturated rings. The van der Waals surface area contributed by atoms with E-state index in [2.05, 4.69) is 6.92 Å². The summed E-state index contributed by atoms with van der Waals surface area (Å²) < 4.78 is 0. The van der Waals surface area contributed by atoms with Crippen LogP contribution in [0.25, 0.3) is 0 Å². The second-order valence-electron chi connectivity index (χ2n) is 1.59. The van der Waals surface area contributed by atoms with Crippen LogP contribution in [0.4, 0.5) is 0 Å². The maximum absolute atomic E-state index is 8.39. The van der Waals surface area contributed by atoms with Crippen molar-refractivity contribution in [3.63, 3.8) is 0 Å². The lowest BCUT2D eigenvalue weighted by atomic mass is 10.2. The Bertz CT molecular complexity index is 57.2. The summed E-state index contributed by atoms with van der Waals surface area (Å²) in [4.78, 5) is 0. The van der Waals surface area contributed by atoms with Gasteiger partial charge < -0.3 is 5.11 Å². The van der Waals surface area contributed by atoms with Crippen LogP contribution in [0, 0.1) is 12.8 Å². The SMILES string of the molecule is [CH2]/C=C/C(C)CO. The molecule has 0 aliphatic heterocycles. The summed E-state index contributed by atoms with van der Waals surface area (Å²) in [5.74, 6) is 0.262. The van der Waals surface area contributed by atoms with Gasteiger partial charge in [-0.05, 0) is 12.8 Å². The van der Waals surface area contributed by atoms with Gasteiger partial charge in [-0.2, -0.15) is 0 Å². The molecule has 41 valence electrons. The Morgan fingerprint density at radius 2 is 2.43 bits per heavy atom. The van der Waals surface area contributed by atoms with E-state index in [1.807, 2.05) is 13.0 Å². The van der Waals surface area contributed by atoms with Crippen molar-refractivity contribution in [2.24, 2.45) is 5.92 Å². The van der Waals surface area contributed by atoms with Gasteiger partial charge in [0.05, 0.1) is 0 Å². The van der Waals surface area contributed by atoms with E-state index < -0.39 is 0 Å². The van der Waals surface area contributed by atoms with Crippen LogP contribution in [-0.2, 0) is 0 Å². The van der Waals surface area contributed by atoms with Gasteiger partial charge >= 0.3 is 0 Å². The number of hydrogen-bond donors (Lipinski definition) is 1. The fourth-order valence-electron chi connectivity index (χ4n) is 0.293. The van der Waals surface area contributed by atoms with Crippen LogP contribution in [0.3, 0.4) is 0 Å². The third-order valence-electron chi connectivity index (χ3n) is 0.753. The molecular weight excluding hydrogens is 88.1 g/mol. The van der Waals surface area contributed by atoms with Gasteiger partial charge in [0, 0.05) is 6.61 Å². The molecule has 0 amide bonds. The maximum Gasteiger partial charge on any atom is 0.0491 e. The first-order valence-electron chi connectivity index (χ1n) is 2.38. The molecular formula is C6H11O. The first kappa shape index (κ1) is 6.70. The highest BCUT2D eigenvalue weighted by atomic mass is 16.3. The minimum absolute atomic E-state index is 0.214. The summed E-state index contributed by atoms with van der Waals surface area (Å²) in [5, 5.41) is 8.39. The van der Waals surface area contributed by atoms with E-state index in [-0.39, 0.29) is 12.5 Å². The Balaban J connectivity index is 3.16. The summed E-state index contributed by atoms with van der Waals surface area (Å²) in [6.45, 7) is 5.63. The van der Waals surface area contributed by atoms with Gasteiger partial charge in [-0.1, -0.05) is 19.1 Å². The molecule has 1 N–H and O–H groups in total. The topological polar surface area (TPSA) is 20.2 Å². The van der Waals surface area contributed by atoms with Crippen LogP contribution in [0.5, 0.6) is 0 Å². The molecule has 0 heterocycles. The molecule has 1 unspecified atom stereocenters. The fraction of sp³-hybridized carbons (Fsp3) is 0.500. The number of aliphatic hydroxyl groups excluding tert-OH is 1. The van der Waals surface area contributed by atoms with Crippen molar-refractivity contribution in [3.8, 4) is 0 Å². The average molecular weight is 99.2 g/mol. The predicted octanol–water partition coefficient (Wildman–Crippen LogP) is 1.01. The molecule has 0 saturated carbocycles. The van der Waals surface area contributed by atoms with Crippen molar-refractivity contribution < 1.29 is 5.11 Å². The first-order valence-corrected chi connectivity index (χ1v) is 2.38. The molecule has 0 aromatic rings. The Hall–Kier alpha value is -0.300. The Kier molecular flexibility index (Phi) is 3.71. The highest BCUT2D eigenvalue weighted by Crippen LogP contribution is 1.91. The summed E-state index contributed by atoms with van der Waals surface area (Å²) in [6.07, 6.45) is 3.56. The third-order valence-corrected chi connectivity index (χ3v) is 0.753. The number of allylic oxidation sites excluding steroid dienone is 1. The minimum atomic E-state index is 0.214. The molecule has 0 aliphatic carbocycles. The van der Waals surface area contributed by atoms with Crippen molar-refractivity contribution in [3.05, 3.63) is 19.1 Å². The standard InChI is InChI=1S/C6H11O/c1-3-4-6(2)5-7/h3-4,6-7H,1,5H2,2H3/b4-3+. The van der Waals surface area contributed by atoms with Gasteiger partial charge in [0.2, 0.25) is 0 Å². The molecule has 1 heteroatoms. The van der Waals surface area contributed by atoms with Crippen LogP contribution >= 0.6 is 0 Å². The lowest BCUT2D eigenvalue weighted by Crippen LogP contribution is -1.93. The number of aliphatic hydroxyl groups is 1. The van der Waals surface area contributed by atoms with Crippen LogP contribution < -0.4 is 0 Å². The normalized spacial score (nSPS) is 15.3. The van der Waals surface area contributed by atoms with Gasteiger partial charge in [0.1, 0.15) is 0 Å². The Morgan fingerprint density at radius 3 is 2.57 bits per heavy atom. The number of hydrogen-bond acceptors (Lipinski definition) is 1. The first-order chi connectivity index (χ1) is 3.31. The van der Waals surface area contributed by atoms with Crippen molar-refractivity contribution in [2.45, 2.75) is 6.92 Å². The van der Waals surface area contributed by atoms with E-state index in [4.69, 9.17) is 5.11 Å². The zero-order valence-electron chi connectivity index (χ0n) is 4.59.